The Bertz CT molecular complexity index is 1510. The average Bonchev–Trinajstić information content (AvgIpc) is 3.27. The monoisotopic (exact) mass is 421 g/mol. The van der Waals surface area contributed by atoms with Crippen LogP contribution in [0, 0.1) is 5.82 Å². The van der Waals surface area contributed by atoms with Gasteiger partial charge in [-0.25, -0.2) is 4.39 Å². The van der Waals surface area contributed by atoms with Gasteiger partial charge in [0.2, 0.25) is 0 Å². The maximum Gasteiger partial charge on any atom is 0.272 e. The first-order valence-corrected chi connectivity index (χ1v) is 9.64. The number of rotatable bonds is 5. The van der Waals surface area contributed by atoms with Crippen LogP contribution in [0.3, 0.4) is 0 Å². The van der Waals surface area contributed by atoms with Crippen molar-refractivity contribution in [2.45, 2.75) is 6.42 Å². The second kappa shape index (κ2) is 7.35. The molecule has 3 heterocycles. The number of aromatic nitrogens is 4. The van der Waals surface area contributed by atoms with E-state index in [1.807, 2.05) is 0 Å². The van der Waals surface area contributed by atoms with Gasteiger partial charge in [0, 0.05) is 34.3 Å². The van der Waals surface area contributed by atoms with Gasteiger partial charge in [-0.2, -0.15) is 5.10 Å². The third-order valence-corrected chi connectivity index (χ3v) is 5.25. The maximum absolute atomic E-state index is 14.2. The predicted molar refractivity (Wildman–Crippen MR) is 115 cm³/mol. The van der Waals surface area contributed by atoms with Crippen molar-refractivity contribution in [1.29, 1.82) is 0 Å². The van der Waals surface area contributed by atoms with E-state index in [1.165, 1.54) is 12.3 Å². The minimum Gasteiger partial charge on any atom is -0.491 e. The fraction of sp³-hybridized carbons (Fsp3) is 0.136. The fourth-order valence-corrected chi connectivity index (χ4v) is 3.85. The maximum atomic E-state index is 14.2. The van der Waals surface area contributed by atoms with Gasteiger partial charge in [0.15, 0.2) is 0 Å². The van der Waals surface area contributed by atoms with E-state index in [-0.39, 0.29) is 24.2 Å². The summed E-state index contributed by atoms with van der Waals surface area (Å²) in [6.45, 7) is -0.330. The molecule has 0 saturated carbocycles. The zero-order chi connectivity index (χ0) is 21.5. The number of aromatic amines is 2. The molecule has 0 aliphatic rings. The number of pyridine rings is 2. The van der Waals surface area contributed by atoms with Crippen LogP contribution in [0.5, 0.6) is 5.75 Å². The van der Waals surface area contributed by atoms with Gasteiger partial charge in [-0.15, -0.1) is 0 Å². The first-order chi connectivity index (χ1) is 15.1. The molecule has 3 aromatic heterocycles. The van der Waals surface area contributed by atoms with Crippen molar-refractivity contribution in [2.75, 3.05) is 19.0 Å². The lowest BCUT2D eigenvalue weighted by Crippen LogP contribution is -2.14. The summed E-state index contributed by atoms with van der Waals surface area (Å²) in [5.41, 5.74) is 8.00. The molecule has 0 fully saturated rings. The van der Waals surface area contributed by atoms with Crippen LogP contribution in [0.15, 0.2) is 47.5 Å². The van der Waals surface area contributed by atoms with Gasteiger partial charge in [-0.05, 0) is 29.8 Å². The molecule has 0 spiro atoms. The zero-order valence-corrected chi connectivity index (χ0v) is 16.2. The molecular formula is C22H17F2N5O2. The first-order valence-electron chi connectivity index (χ1n) is 9.64. The number of benzene rings is 2. The Morgan fingerprint density at radius 2 is 2.00 bits per heavy atom. The quantitative estimate of drug-likeness (QED) is 0.293. The third kappa shape index (κ3) is 2.97. The van der Waals surface area contributed by atoms with Crippen LogP contribution in [0.2, 0.25) is 0 Å². The van der Waals surface area contributed by atoms with Crippen molar-refractivity contribution in [3.8, 4) is 16.9 Å². The molecule has 9 heteroatoms. The van der Waals surface area contributed by atoms with Gasteiger partial charge in [-0.1, -0.05) is 6.07 Å². The average molecular weight is 421 g/mol. The molecule has 0 atom stereocenters. The second-order valence-electron chi connectivity index (χ2n) is 7.08. The minimum absolute atomic E-state index is 0.0143. The number of halogens is 2. The molecule has 0 unspecified atom stereocenters. The van der Waals surface area contributed by atoms with Crippen molar-refractivity contribution >= 4 is 38.4 Å². The molecule has 5 rings (SSSR count). The van der Waals surface area contributed by atoms with Crippen LogP contribution in [0.1, 0.15) is 6.42 Å². The second-order valence-corrected chi connectivity index (χ2v) is 7.08. The Kier molecular flexibility index (Phi) is 4.50. The number of hydrogen-bond donors (Lipinski definition) is 3. The summed E-state index contributed by atoms with van der Waals surface area (Å²) in [5.74, 6) is -0.0244. The SMILES string of the molecule is Nc1c(-c2ccc(F)c3[nH]ncc23)c2cc(OCCCF)c3ncccc3c2[nH]c1=O. The van der Waals surface area contributed by atoms with Crippen LogP contribution in [0.25, 0.3) is 43.8 Å². The number of alkyl halides is 1. The van der Waals surface area contributed by atoms with E-state index < -0.39 is 18.1 Å². The smallest absolute Gasteiger partial charge is 0.272 e. The van der Waals surface area contributed by atoms with E-state index in [0.717, 1.165) is 0 Å². The molecule has 0 saturated heterocycles. The summed E-state index contributed by atoms with van der Waals surface area (Å²) in [6, 6.07) is 8.13. The van der Waals surface area contributed by atoms with E-state index >= 15 is 0 Å². The highest BCUT2D eigenvalue weighted by atomic mass is 19.1. The number of nitrogens with zero attached hydrogens (tertiary/aromatic N) is 2. The number of anilines is 1. The van der Waals surface area contributed by atoms with E-state index in [1.54, 1.807) is 30.5 Å². The Balaban J connectivity index is 1.90. The largest absolute Gasteiger partial charge is 0.491 e. The molecule has 0 aliphatic carbocycles. The first kappa shape index (κ1) is 19.0. The molecule has 0 bridgehead atoms. The summed E-state index contributed by atoms with van der Waals surface area (Å²) < 4.78 is 32.6. The molecule has 0 radical (unpaired) electrons. The Labute approximate surface area is 173 Å². The minimum atomic E-state index is -0.501. The normalized spacial score (nSPS) is 11.5. The molecule has 31 heavy (non-hydrogen) atoms. The topological polar surface area (TPSA) is 110 Å². The Hall–Kier alpha value is -4.01. The van der Waals surface area contributed by atoms with Crippen molar-refractivity contribution < 1.29 is 13.5 Å². The number of ether oxygens (including phenoxy) is 1. The zero-order valence-electron chi connectivity index (χ0n) is 16.2. The van der Waals surface area contributed by atoms with Gasteiger partial charge in [0.1, 0.15) is 28.3 Å². The van der Waals surface area contributed by atoms with Crippen molar-refractivity contribution in [3.63, 3.8) is 0 Å². The molecular weight excluding hydrogens is 404 g/mol. The van der Waals surface area contributed by atoms with Gasteiger partial charge in [0.05, 0.1) is 25.0 Å². The highest BCUT2D eigenvalue weighted by Gasteiger charge is 2.20. The van der Waals surface area contributed by atoms with Crippen molar-refractivity contribution in [1.82, 2.24) is 20.2 Å². The van der Waals surface area contributed by atoms with Gasteiger partial charge >= 0.3 is 0 Å². The predicted octanol–water partition coefficient (Wildman–Crippen LogP) is 4.08. The van der Waals surface area contributed by atoms with Crippen LogP contribution in [0.4, 0.5) is 14.5 Å². The standard InChI is InChI=1S/C22H17F2N5O2/c23-6-2-8-31-16-9-13-17(11-4-5-15(24)20-14(11)10-27-29-20)18(25)22(30)28-19(13)12-3-1-7-26-21(12)16/h1,3-5,7,9-10H,2,6,8,25H2,(H,27,29)(H,28,30). The van der Waals surface area contributed by atoms with Crippen LogP contribution < -0.4 is 16.0 Å². The highest BCUT2D eigenvalue weighted by Crippen LogP contribution is 2.40. The molecule has 156 valence electrons. The number of H-pyrrole nitrogens is 2. The summed E-state index contributed by atoms with van der Waals surface area (Å²) in [6.07, 6.45) is 3.34. The number of hydrogen-bond acceptors (Lipinski definition) is 5. The fourth-order valence-electron chi connectivity index (χ4n) is 3.85. The van der Waals surface area contributed by atoms with Crippen LogP contribution in [-0.2, 0) is 0 Å². The van der Waals surface area contributed by atoms with Gasteiger partial charge in [-0.3, -0.25) is 19.3 Å². The van der Waals surface area contributed by atoms with E-state index in [4.69, 9.17) is 10.5 Å². The van der Waals surface area contributed by atoms with Crippen LogP contribution >= 0.6 is 0 Å². The number of nitrogens with one attached hydrogen (secondary N) is 2. The number of nitrogen functional groups attached to an aromatic ring is 1. The molecule has 5 aromatic rings. The molecule has 0 aliphatic heterocycles. The van der Waals surface area contributed by atoms with Crippen molar-refractivity contribution in [2.24, 2.45) is 0 Å². The number of fused-ring (bicyclic) bond motifs is 4. The lowest BCUT2D eigenvalue weighted by molar-refractivity contribution is 0.292. The van der Waals surface area contributed by atoms with E-state index in [2.05, 4.69) is 20.2 Å². The molecule has 2 aromatic carbocycles. The van der Waals surface area contributed by atoms with E-state index in [9.17, 15) is 13.6 Å². The summed E-state index contributed by atoms with van der Waals surface area (Å²) in [4.78, 5) is 19.9. The Morgan fingerprint density at radius 3 is 2.84 bits per heavy atom. The Morgan fingerprint density at radius 1 is 1.13 bits per heavy atom. The number of nitrogens with two attached hydrogens (primary N) is 1. The van der Waals surface area contributed by atoms with Gasteiger partial charge < -0.3 is 15.5 Å². The van der Waals surface area contributed by atoms with Crippen molar-refractivity contribution in [3.05, 3.63) is 58.9 Å². The summed E-state index contributed by atoms with van der Waals surface area (Å²) in [7, 11) is 0. The highest BCUT2D eigenvalue weighted by molar-refractivity contribution is 6.15. The van der Waals surface area contributed by atoms with Crippen LogP contribution in [-0.4, -0.2) is 33.4 Å². The summed E-state index contributed by atoms with van der Waals surface area (Å²) >= 11 is 0. The third-order valence-electron chi connectivity index (χ3n) is 5.25. The molecule has 0 amide bonds. The summed E-state index contributed by atoms with van der Waals surface area (Å²) in [5, 5.41) is 8.31. The van der Waals surface area contributed by atoms with Gasteiger partial charge in [0.25, 0.3) is 5.56 Å². The molecule has 4 N–H and O–H groups in total. The lowest BCUT2D eigenvalue weighted by Gasteiger charge is -2.15. The van der Waals surface area contributed by atoms with E-state index in [0.29, 0.717) is 44.1 Å². The lowest BCUT2D eigenvalue weighted by atomic mass is 9.95. The molecule has 7 nitrogen and oxygen atoms in total.